The third-order valence-electron chi connectivity index (χ3n) is 2.56. The SMILES string of the molecule is C.C.C=N[P+](C)(CC)OC.C=N[P+](C)(CC)OC. The van der Waals surface area contributed by atoms with Crippen LogP contribution in [-0.2, 0) is 9.05 Å². The molecule has 0 rings (SSSR count). The minimum Gasteiger partial charge on any atom is -0.215 e. The van der Waals surface area contributed by atoms with Crippen LogP contribution >= 0.6 is 15.3 Å². The smallest absolute Gasteiger partial charge is 0.215 e. The molecule has 0 amide bonds. The molecule has 2 unspecified atom stereocenters. The van der Waals surface area contributed by atoms with Crippen LogP contribution in [0, 0.1) is 0 Å². The first kappa shape index (κ1) is 26.6. The lowest BCUT2D eigenvalue weighted by Gasteiger charge is -2.08. The van der Waals surface area contributed by atoms with Crippen LogP contribution in [0.5, 0.6) is 0 Å². The fourth-order valence-corrected chi connectivity index (χ4v) is 1.72. The molecule has 0 aliphatic rings. The van der Waals surface area contributed by atoms with Gasteiger partial charge in [0.1, 0.15) is 12.3 Å². The van der Waals surface area contributed by atoms with E-state index >= 15 is 0 Å². The Hall–Kier alpha value is 0.120. The molecule has 0 radical (unpaired) electrons. The van der Waals surface area contributed by atoms with Crippen molar-refractivity contribution in [3.8, 4) is 0 Å². The first-order valence-electron chi connectivity index (χ1n) is 5.16. The van der Waals surface area contributed by atoms with Crippen molar-refractivity contribution in [2.45, 2.75) is 28.7 Å². The van der Waals surface area contributed by atoms with E-state index in [2.05, 4.69) is 36.8 Å². The van der Waals surface area contributed by atoms with Crippen molar-refractivity contribution in [2.75, 3.05) is 39.9 Å². The molecule has 0 bridgehead atoms. The van der Waals surface area contributed by atoms with Crippen molar-refractivity contribution in [2.24, 2.45) is 9.53 Å². The van der Waals surface area contributed by atoms with Crippen LogP contribution in [0.4, 0.5) is 0 Å². The van der Waals surface area contributed by atoms with Crippen molar-refractivity contribution in [3.05, 3.63) is 0 Å². The van der Waals surface area contributed by atoms with E-state index in [9.17, 15) is 0 Å². The van der Waals surface area contributed by atoms with Crippen molar-refractivity contribution in [3.63, 3.8) is 0 Å². The molecule has 0 aromatic heterocycles. The molecule has 0 aromatic carbocycles. The fourth-order valence-electron chi connectivity index (χ4n) is 0.574. The molecule has 0 saturated heterocycles. The fraction of sp³-hybridized carbons (Fsp3) is 0.833. The molecular formula is C12H34N2O2P2+2. The van der Waals surface area contributed by atoms with Crippen LogP contribution < -0.4 is 0 Å². The molecule has 4 nitrogen and oxygen atoms in total. The molecule has 6 heteroatoms. The average Bonchev–Trinajstić information content (AvgIpc) is 2.37. The van der Waals surface area contributed by atoms with E-state index in [1.165, 1.54) is 0 Å². The highest BCUT2D eigenvalue weighted by Crippen LogP contribution is 2.56. The Bertz CT molecular complexity index is 184. The maximum Gasteiger partial charge on any atom is 0.257 e. The van der Waals surface area contributed by atoms with E-state index in [0.29, 0.717) is 0 Å². The lowest BCUT2D eigenvalue weighted by atomic mass is 11.0. The van der Waals surface area contributed by atoms with E-state index in [1.807, 2.05) is 13.3 Å². The van der Waals surface area contributed by atoms with Gasteiger partial charge in [-0.15, -0.1) is 9.53 Å². The predicted octanol–water partition coefficient (Wildman–Crippen LogP) is 4.93. The molecule has 0 heterocycles. The van der Waals surface area contributed by atoms with Crippen molar-refractivity contribution in [1.82, 2.24) is 0 Å². The van der Waals surface area contributed by atoms with Crippen molar-refractivity contribution in [1.29, 1.82) is 0 Å². The normalized spacial score (nSPS) is 15.4. The van der Waals surface area contributed by atoms with Gasteiger partial charge in [-0.2, -0.15) is 0 Å². The highest BCUT2D eigenvalue weighted by molar-refractivity contribution is 7.69. The van der Waals surface area contributed by atoms with Gasteiger partial charge in [-0.25, -0.2) is 9.05 Å². The van der Waals surface area contributed by atoms with Crippen molar-refractivity contribution < 1.29 is 9.05 Å². The van der Waals surface area contributed by atoms with Crippen molar-refractivity contribution >= 4 is 28.7 Å². The molecule has 0 aromatic rings. The minimum absolute atomic E-state index is 0. The molecule has 0 aliphatic heterocycles. The van der Waals surface area contributed by atoms with Crippen LogP contribution in [0.15, 0.2) is 9.53 Å². The van der Waals surface area contributed by atoms with E-state index in [1.54, 1.807) is 14.2 Å². The highest BCUT2D eigenvalue weighted by atomic mass is 31.2. The maximum absolute atomic E-state index is 5.12. The predicted molar refractivity (Wildman–Crippen MR) is 93.3 cm³/mol. The van der Waals surface area contributed by atoms with Crippen LogP contribution in [0.25, 0.3) is 0 Å². The first-order chi connectivity index (χ1) is 7.36. The summed E-state index contributed by atoms with van der Waals surface area (Å²) in [5.74, 6) is 0. The molecule has 0 N–H and O–H groups in total. The number of hydrogen-bond acceptors (Lipinski definition) is 4. The summed E-state index contributed by atoms with van der Waals surface area (Å²) in [6.07, 6.45) is 1.96. The van der Waals surface area contributed by atoms with Crippen LogP contribution in [0.3, 0.4) is 0 Å². The van der Waals surface area contributed by atoms with E-state index < -0.39 is 15.3 Å². The van der Waals surface area contributed by atoms with Gasteiger partial charge < -0.3 is 0 Å². The quantitative estimate of drug-likeness (QED) is 0.515. The molecule has 0 fully saturated rings. The summed E-state index contributed by atoms with van der Waals surface area (Å²) in [5, 5.41) is 0. The van der Waals surface area contributed by atoms with E-state index in [0.717, 1.165) is 12.3 Å². The van der Waals surface area contributed by atoms with E-state index in [4.69, 9.17) is 9.05 Å². The Balaban J connectivity index is -0.0000000980. The zero-order valence-corrected chi connectivity index (χ0v) is 13.2. The van der Waals surface area contributed by atoms with Gasteiger partial charge in [0.25, 0.3) is 15.3 Å². The van der Waals surface area contributed by atoms with Gasteiger partial charge in [0, 0.05) is 13.4 Å². The molecule has 0 saturated carbocycles. The minimum atomic E-state index is -1.40. The summed E-state index contributed by atoms with van der Waals surface area (Å²) >= 11 is 0. The summed E-state index contributed by atoms with van der Waals surface area (Å²) in [4.78, 5) is 0. The zero-order valence-electron chi connectivity index (χ0n) is 11.4. The summed E-state index contributed by atoms with van der Waals surface area (Å²) in [7, 11) is 0.577. The van der Waals surface area contributed by atoms with Gasteiger partial charge in [0.15, 0.2) is 0 Å². The highest BCUT2D eigenvalue weighted by Gasteiger charge is 2.27. The topological polar surface area (TPSA) is 43.2 Å². The van der Waals surface area contributed by atoms with Gasteiger partial charge in [-0.1, -0.05) is 14.9 Å². The van der Waals surface area contributed by atoms with Crippen LogP contribution in [0.1, 0.15) is 28.7 Å². The Morgan fingerprint density at radius 2 is 1.06 bits per heavy atom. The Kier molecular flexibility index (Phi) is 20.1. The largest absolute Gasteiger partial charge is 0.257 e. The average molecular weight is 300 g/mol. The van der Waals surface area contributed by atoms with Crippen LogP contribution in [0.2, 0.25) is 0 Å². The van der Waals surface area contributed by atoms with Gasteiger partial charge in [-0.05, 0) is 13.8 Å². The summed E-state index contributed by atoms with van der Waals surface area (Å²) < 4.78 is 18.0. The standard InChI is InChI=1S/2C5H13NOP.2CH4/c2*1-5-8(4,6-2)7-3;;/h2*2,5H2,1,3-4H3;2*1H4/q2*+1;;. The monoisotopic (exact) mass is 300 g/mol. The second-order valence-corrected chi connectivity index (χ2v) is 10.1. The van der Waals surface area contributed by atoms with Gasteiger partial charge in [0.05, 0.1) is 27.5 Å². The maximum atomic E-state index is 5.12. The number of hydrogen-bond donors (Lipinski definition) is 0. The molecule has 0 spiro atoms. The molecule has 18 heavy (non-hydrogen) atoms. The Morgan fingerprint density at radius 3 is 1.06 bits per heavy atom. The first-order valence-corrected chi connectivity index (χ1v) is 9.74. The molecule has 112 valence electrons. The second kappa shape index (κ2) is 13.5. The third kappa shape index (κ3) is 11.2. The zero-order chi connectivity index (χ0) is 13.2. The summed E-state index contributed by atoms with van der Waals surface area (Å²) in [6.45, 7) is 15.0. The van der Waals surface area contributed by atoms with E-state index in [-0.39, 0.29) is 14.9 Å². The van der Waals surface area contributed by atoms with Gasteiger partial charge in [-0.3, -0.25) is 0 Å². The van der Waals surface area contributed by atoms with Crippen LogP contribution in [-0.4, -0.2) is 53.3 Å². The Morgan fingerprint density at radius 1 is 0.833 bits per heavy atom. The van der Waals surface area contributed by atoms with Gasteiger partial charge in [0.2, 0.25) is 0 Å². The Labute approximate surface area is 116 Å². The number of rotatable bonds is 6. The second-order valence-electron chi connectivity index (χ2n) is 3.38. The molecular weight excluding hydrogens is 266 g/mol. The third-order valence-corrected chi connectivity index (χ3v) is 7.68. The molecule has 2 atom stereocenters. The molecule has 0 aliphatic carbocycles. The number of nitrogens with zero attached hydrogens (tertiary/aromatic N) is 2. The summed E-state index contributed by atoms with van der Waals surface area (Å²) in [5.41, 5.74) is 0. The summed E-state index contributed by atoms with van der Waals surface area (Å²) in [6, 6.07) is 0. The van der Waals surface area contributed by atoms with Gasteiger partial charge >= 0.3 is 0 Å². The lowest BCUT2D eigenvalue weighted by molar-refractivity contribution is 0.449. The lowest BCUT2D eigenvalue weighted by Crippen LogP contribution is -1.91.